The van der Waals surface area contributed by atoms with Crippen molar-refractivity contribution in [2.45, 2.75) is 42.9 Å². The van der Waals surface area contributed by atoms with E-state index in [0.29, 0.717) is 18.9 Å². The molecule has 3 aromatic carbocycles. The number of anilines is 1. The van der Waals surface area contributed by atoms with Gasteiger partial charge in [-0.25, -0.2) is 8.42 Å². The zero-order chi connectivity index (χ0) is 27.8. The van der Waals surface area contributed by atoms with Gasteiger partial charge in [-0.15, -0.1) is 0 Å². The van der Waals surface area contributed by atoms with Crippen LogP contribution in [0.2, 0.25) is 0 Å². The quantitative estimate of drug-likeness (QED) is 0.307. The van der Waals surface area contributed by atoms with Crippen LogP contribution in [0.25, 0.3) is 10.9 Å². The molecule has 2 N–H and O–H groups in total. The molecule has 1 aliphatic heterocycles. The fourth-order valence-electron chi connectivity index (χ4n) is 4.65. The van der Waals surface area contributed by atoms with E-state index in [0.717, 1.165) is 44.5 Å². The maximum atomic E-state index is 13.7. The molecule has 0 radical (unpaired) electrons. The third kappa shape index (κ3) is 5.56. The predicted molar refractivity (Wildman–Crippen MR) is 137 cm³/mol. The summed E-state index contributed by atoms with van der Waals surface area (Å²) < 4.78 is 74.4. The summed E-state index contributed by atoms with van der Waals surface area (Å²) in [5.74, 6) is -0.856. The molecule has 0 unspecified atom stereocenters. The second kappa shape index (κ2) is 10.3. The number of fused-ring (bicyclic) bond motifs is 2. The van der Waals surface area contributed by atoms with Crippen molar-refractivity contribution >= 4 is 32.6 Å². The van der Waals surface area contributed by atoms with Gasteiger partial charge in [0.05, 0.1) is 34.4 Å². The van der Waals surface area contributed by atoms with E-state index in [1.54, 1.807) is 24.4 Å². The largest absolute Gasteiger partial charge is 0.486 e. The average Bonchev–Trinajstić information content (AvgIpc) is 3.39. The maximum Gasteiger partial charge on any atom is 0.416 e. The minimum atomic E-state index is -4.72. The molecule has 0 saturated heterocycles. The number of aliphatic carboxylic acids is 1. The van der Waals surface area contributed by atoms with Crippen molar-refractivity contribution in [3.63, 3.8) is 0 Å². The topological polar surface area (TPSA) is 113 Å². The van der Waals surface area contributed by atoms with Gasteiger partial charge in [-0.1, -0.05) is 30.3 Å². The lowest BCUT2D eigenvalue weighted by Crippen LogP contribution is -2.43. The number of alkyl halides is 3. The number of carbonyl (C=O) groups is 1. The van der Waals surface area contributed by atoms with Crippen molar-refractivity contribution in [1.29, 1.82) is 0 Å². The number of aromatic amines is 1. The van der Waals surface area contributed by atoms with E-state index in [1.165, 1.54) is 0 Å². The number of nitrogens with zero attached hydrogens (tertiary/aromatic N) is 2. The van der Waals surface area contributed by atoms with Crippen LogP contribution in [-0.4, -0.2) is 42.3 Å². The Bertz CT molecular complexity index is 1640. The number of carboxylic acids is 1. The maximum absolute atomic E-state index is 13.7. The van der Waals surface area contributed by atoms with Gasteiger partial charge in [-0.2, -0.15) is 18.3 Å². The SMILES string of the molecule is O=C(O)CC[C@H]1CN(S(=O)(=O)c2cccc(C(F)(F)F)c2)c2cc(CCc3cccc4cn[nH]c34)ccc2O1. The molecule has 0 saturated carbocycles. The number of hydrogen-bond acceptors (Lipinski definition) is 5. The smallest absolute Gasteiger partial charge is 0.416 e. The monoisotopic (exact) mass is 559 g/mol. The molecule has 12 heteroatoms. The van der Waals surface area contributed by atoms with Crippen molar-refractivity contribution in [1.82, 2.24) is 10.2 Å². The molecule has 1 atom stereocenters. The van der Waals surface area contributed by atoms with Gasteiger partial charge in [0.2, 0.25) is 0 Å². The Hall–Kier alpha value is -4.06. The van der Waals surface area contributed by atoms with Gasteiger partial charge in [0.25, 0.3) is 10.0 Å². The zero-order valence-corrected chi connectivity index (χ0v) is 21.3. The summed E-state index contributed by atoms with van der Waals surface area (Å²) in [5.41, 5.74) is 1.84. The molecule has 0 bridgehead atoms. The van der Waals surface area contributed by atoms with E-state index in [9.17, 15) is 26.4 Å². The summed E-state index contributed by atoms with van der Waals surface area (Å²) in [7, 11) is -4.44. The van der Waals surface area contributed by atoms with E-state index in [1.807, 2.05) is 18.2 Å². The number of nitrogens with one attached hydrogen (secondary N) is 1. The van der Waals surface area contributed by atoms with Crippen LogP contribution in [0.3, 0.4) is 0 Å². The van der Waals surface area contributed by atoms with Gasteiger partial charge in [0, 0.05) is 11.8 Å². The van der Waals surface area contributed by atoms with E-state index < -0.39 is 38.7 Å². The van der Waals surface area contributed by atoms with Crippen molar-refractivity contribution in [2.75, 3.05) is 10.8 Å². The second-order valence-corrected chi connectivity index (χ2v) is 11.1. The number of para-hydroxylation sites is 1. The third-order valence-electron chi connectivity index (χ3n) is 6.63. The predicted octanol–water partition coefficient (Wildman–Crippen LogP) is 5.19. The summed E-state index contributed by atoms with van der Waals surface area (Å²) >= 11 is 0. The molecule has 0 fully saturated rings. The van der Waals surface area contributed by atoms with E-state index in [-0.39, 0.29) is 30.8 Å². The molecule has 204 valence electrons. The van der Waals surface area contributed by atoms with Gasteiger partial charge in [-0.3, -0.25) is 14.2 Å². The van der Waals surface area contributed by atoms with Gasteiger partial charge in [0.1, 0.15) is 11.9 Å². The van der Waals surface area contributed by atoms with Crippen LogP contribution < -0.4 is 9.04 Å². The standard InChI is InChI=1S/C27H24F3N3O5S/c28-27(29,30)20-5-2-6-22(14-20)39(36,37)33-16-21(10-12-25(34)35)38-24-11-8-17(13-23(24)33)7-9-18-3-1-4-19-15-31-32-26(18)19/h1-6,8,11,13-15,21H,7,9-10,12,16H2,(H,31,32)(H,34,35)/t21-/m0/s1. The van der Waals surface area contributed by atoms with E-state index in [2.05, 4.69) is 10.2 Å². The molecule has 2 heterocycles. The van der Waals surface area contributed by atoms with Crippen molar-refractivity contribution in [3.05, 3.63) is 83.6 Å². The Balaban J connectivity index is 1.49. The lowest BCUT2D eigenvalue weighted by molar-refractivity contribution is -0.138. The van der Waals surface area contributed by atoms with E-state index >= 15 is 0 Å². The van der Waals surface area contributed by atoms with Crippen LogP contribution in [0.1, 0.15) is 29.5 Å². The minimum Gasteiger partial charge on any atom is -0.486 e. The Morgan fingerprint density at radius 1 is 1.10 bits per heavy atom. The van der Waals surface area contributed by atoms with Crippen LogP contribution in [0, 0.1) is 0 Å². The number of rotatable bonds is 8. The number of hydrogen-bond donors (Lipinski definition) is 2. The molecule has 0 aliphatic carbocycles. The summed E-state index contributed by atoms with van der Waals surface area (Å²) in [6.07, 6.45) is -2.84. The summed E-state index contributed by atoms with van der Waals surface area (Å²) in [6, 6.07) is 14.5. The number of sulfonamides is 1. The van der Waals surface area contributed by atoms with Crippen LogP contribution in [0.15, 0.2) is 71.8 Å². The first-order chi connectivity index (χ1) is 18.5. The lowest BCUT2D eigenvalue weighted by Gasteiger charge is -2.36. The first-order valence-electron chi connectivity index (χ1n) is 12.1. The summed E-state index contributed by atoms with van der Waals surface area (Å²) in [6.45, 7) is -0.240. The normalized spacial score (nSPS) is 15.7. The van der Waals surface area contributed by atoms with Crippen LogP contribution >= 0.6 is 0 Å². The highest BCUT2D eigenvalue weighted by Gasteiger charge is 2.37. The number of carboxylic acid groups (broad SMARTS) is 1. The van der Waals surface area contributed by atoms with Crippen molar-refractivity contribution < 1.29 is 36.2 Å². The highest BCUT2D eigenvalue weighted by atomic mass is 32.2. The number of aryl methyl sites for hydroxylation is 2. The second-order valence-electron chi connectivity index (χ2n) is 9.29. The van der Waals surface area contributed by atoms with Crippen LogP contribution in [0.4, 0.5) is 18.9 Å². The Labute approximate surface area is 222 Å². The van der Waals surface area contributed by atoms with Gasteiger partial charge in [0.15, 0.2) is 0 Å². The third-order valence-corrected chi connectivity index (χ3v) is 8.41. The fourth-order valence-corrected chi connectivity index (χ4v) is 6.20. The Morgan fingerprint density at radius 2 is 1.90 bits per heavy atom. The number of benzene rings is 3. The molecular formula is C27H24F3N3O5S. The highest BCUT2D eigenvalue weighted by Crippen LogP contribution is 2.40. The summed E-state index contributed by atoms with van der Waals surface area (Å²) in [5, 5.41) is 17.1. The number of ether oxygens (including phenoxy) is 1. The molecule has 0 amide bonds. The van der Waals surface area contributed by atoms with Crippen LogP contribution in [-0.2, 0) is 33.8 Å². The molecule has 39 heavy (non-hydrogen) atoms. The van der Waals surface area contributed by atoms with Crippen LogP contribution in [0.5, 0.6) is 5.75 Å². The summed E-state index contributed by atoms with van der Waals surface area (Å²) in [4.78, 5) is 10.6. The number of aromatic nitrogens is 2. The fraction of sp³-hybridized carbons (Fsp3) is 0.259. The van der Waals surface area contributed by atoms with Gasteiger partial charge < -0.3 is 9.84 Å². The highest BCUT2D eigenvalue weighted by molar-refractivity contribution is 7.92. The molecule has 4 aromatic rings. The molecule has 0 spiro atoms. The minimum absolute atomic E-state index is 0.0271. The van der Waals surface area contributed by atoms with Gasteiger partial charge >= 0.3 is 12.1 Å². The first kappa shape index (κ1) is 26.5. The van der Waals surface area contributed by atoms with Crippen molar-refractivity contribution in [2.24, 2.45) is 0 Å². The molecular weight excluding hydrogens is 535 g/mol. The zero-order valence-electron chi connectivity index (χ0n) is 20.5. The number of H-pyrrole nitrogens is 1. The van der Waals surface area contributed by atoms with E-state index in [4.69, 9.17) is 9.84 Å². The number of halogens is 3. The molecule has 8 nitrogen and oxygen atoms in total. The Kier molecular flexibility index (Phi) is 6.98. The molecule has 1 aromatic heterocycles. The molecule has 1 aliphatic rings. The molecule has 5 rings (SSSR count). The average molecular weight is 560 g/mol. The van der Waals surface area contributed by atoms with Crippen molar-refractivity contribution in [3.8, 4) is 5.75 Å². The first-order valence-corrected chi connectivity index (χ1v) is 13.6. The lowest BCUT2D eigenvalue weighted by atomic mass is 10.0. The Morgan fingerprint density at radius 3 is 2.67 bits per heavy atom. The van der Waals surface area contributed by atoms with Gasteiger partial charge in [-0.05, 0) is 60.7 Å².